The van der Waals surface area contributed by atoms with E-state index in [1.807, 2.05) is 43.3 Å². The fraction of sp³-hybridized carbons (Fsp3) is 0.233. The van der Waals surface area contributed by atoms with E-state index in [0.717, 1.165) is 16.8 Å². The average molecular weight is 573 g/mol. The molecule has 0 N–H and O–H groups in total. The molecular formula is C30H28N4O6S. The molecule has 1 aliphatic heterocycles. The number of hydrogen-bond donors (Lipinski definition) is 0. The van der Waals surface area contributed by atoms with E-state index < -0.39 is 16.9 Å². The first-order valence-electron chi connectivity index (χ1n) is 12.9. The number of thiazole rings is 1. The van der Waals surface area contributed by atoms with Gasteiger partial charge in [0.05, 0.1) is 38.9 Å². The Labute approximate surface area is 239 Å². The molecular weight excluding hydrogens is 544 g/mol. The van der Waals surface area contributed by atoms with Crippen LogP contribution >= 0.6 is 11.3 Å². The van der Waals surface area contributed by atoms with Crippen molar-refractivity contribution in [2.45, 2.75) is 26.8 Å². The summed E-state index contributed by atoms with van der Waals surface area (Å²) in [6.45, 7) is 5.43. The van der Waals surface area contributed by atoms with Crippen LogP contribution in [-0.2, 0) is 9.53 Å². The predicted molar refractivity (Wildman–Crippen MR) is 157 cm³/mol. The van der Waals surface area contributed by atoms with Crippen molar-refractivity contribution in [2.75, 3.05) is 25.6 Å². The van der Waals surface area contributed by atoms with E-state index >= 15 is 0 Å². The number of fused-ring (bicyclic) bond motifs is 1. The maximum atomic E-state index is 13.8. The lowest BCUT2D eigenvalue weighted by atomic mass is 9.95. The number of esters is 1. The van der Waals surface area contributed by atoms with E-state index in [0.29, 0.717) is 37.7 Å². The molecule has 1 atom stereocenters. The maximum absolute atomic E-state index is 13.8. The lowest BCUT2D eigenvalue weighted by molar-refractivity contribution is -0.384. The van der Waals surface area contributed by atoms with E-state index in [9.17, 15) is 19.7 Å². The molecule has 41 heavy (non-hydrogen) atoms. The molecule has 1 aliphatic rings. The second-order valence-electron chi connectivity index (χ2n) is 9.77. The highest BCUT2D eigenvalue weighted by atomic mass is 32.1. The van der Waals surface area contributed by atoms with Gasteiger partial charge < -0.3 is 14.1 Å². The van der Waals surface area contributed by atoms with Crippen LogP contribution in [0.3, 0.4) is 0 Å². The Kier molecular flexibility index (Phi) is 7.46. The van der Waals surface area contributed by atoms with Crippen LogP contribution < -0.4 is 19.8 Å². The molecule has 0 fully saturated rings. The highest BCUT2D eigenvalue weighted by Gasteiger charge is 2.33. The highest BCUT2D eigenvalue weighted by Crippen LogP contribution is 2.33. The first-order chi connectivity index (χ1) is 19.6. The Bertz CT molecular complexity index is 1880. The predicted octanol–water partition coefficient (Wildman–Crippen LogP) is 4.34. The normalized spacial score (nSPS) is 15.0. The molecule has 0 unspecified atom stereocenters. The van der Waals surface area contributed by atoms with E-state index in [1.165, 1.54) is 22.0 Å². The summed E-state index contributed by atoms with van der Waals surface area (Å²) >= 11 is 1.17. The third-order valence-corrected chi connectivity index (χ3v) is 7.74. The number of aryl methyl sites for hydroxylation is 1. The molecule has 10 nitrogen and oxygen atoms in total. The number of allylic oxidation sites excluding steroid dienone is 1. The number of rotatable bonds is 7. The Hall–Kier alpha value is -4.77. The van der Waals surface area contributed by atoms with Gasteiger partial charge in [0.25, 0.3) is 11.2 Å². The van der Waals surface area contributed by atoms with Gasteiger partial charge in [0, 0.05) is 31.9 Å². The molecule has 2 aromatic heterocycles. The third-order valence-electron chi connectivity index (χ3n) is 6.76. The quantitative estimate of drug-likeness (QED) is 0.184. The van der Waals surface area contributed by atoms with Gasteiger partial charge in [0.15, 0.2) is 4.80 Å². The van der Waals surface area contributed by atoms with E-state index in [2.05, 4.69) is 4.99 Å². The Morgan fingerprint density at radius 3 is 2.56 bits per heavy atom. The summed E-state index contributed by atoms with van der Waals surface area (Å²) in [4.78, 5) is 45.1. The zero-order valence-corrected chi connectivity index (χ0v) is 24.0. The van der Waals surface area contributed by atoms with Crippen molar-refractivity contribution in [3.63, 3.8) is 0 Å². The molecule has 210 valence electrons. The topological polar surface area (TPSA) is 120 Å². The standard InChI is InChI=1S/C30H28N4O6S/c1-6-39-29(36)26-18(3)31-30-33(27(26)19-8-10-20(11-9-19)32(4)5)28(35)25(41-30)16-21-12-14-24(40-21)22-13-7-17(2)15-23(22)34(37)38/h7-16,27H,6H2,1-5H3/b25-16-/t27-/m0/s1. The summed E-state index contributed by atoms with van der Waals surface area (Å²) in [5.74, 6) is 0.142. The SMILES string of the molecule is CCOC(=O)C1=C(C)N=c2s/c(=C\c3ccc(-c4ccc(C)cc4[N+](=O)[O-])o3)c(=O)n2[C@H]1c1ccc(N(C)C)cc1. The molecule has 0 saturated carbocycles. The van der Waals surface area contributed by atoms with Crippen LogP contribution in [0, 0.1) is 17.0 Å². The van der Waals surface area contributed by atoms with E-state index in [4.69, 9.17) is 9.15 Å². The first kappa shape index (κ1) is 27.8. The second-order valence-corrected chi connectivity index (χ2v) is 10.8. The number of furan rings is 1. The number of benzene rings is 2. The number of carbonyl (C=O) groups is 1. The fourth-order valence-corrected chi connectivity index (χ4v) is 5.79. The van der Waals surface area contributed by atoms with Gasteiger partial charge >= 0.3 is 5.97 Å². The van der Waals surface area contributed by atoms with Crippen LogP contribution in [-0.4, -0.2) is 36.2 Å². The molecule has 0 amide bonds. The van der Waals surface area contributed by atoms with Gasteiger partial charge in [-0.3, -0.25) is 19.5 Å². The van der Waals surface area contributed by atoms with Crippen molar-refractivity contribution in [3.8, 4) is 11.3 Å². The van der Waals surface area contributed by atoms with Gasteiger partial charge in [-0.1, -0.05) is 29.5 Å². The van der Waals surface area contributed by atoms with Crippen LogP contribution in [0.15, 0.2) is 80.1 Å². The molecule has 11 heteroatoms. The minimum atomic E-state index is -0.731. The second kappa shape index (κ2) is 11.0. The van der Waals surface area contributed by atoms with Crippen molar-refractivity contribution in [1.29, 1.82) is 0 Å². The summed E-state index contributed by atoms with van der Waals surface area (Å²) < 4.78 is 13.1. The molecule has 4 aromatic rings. The zero-order valence-electron chi connectivity index (χ0n) is 23.2. The van der Waals surface area contributed by atoms with E-state index in [1.54, 1.807) is 51.1 Å². The molecule has 0 radical (unpaired) electrons. The average Bonchev–Trinajstić information content (AvgIpc) is 3.52. The molecule has 0 saturated heterocycles. The van der Waals surface area contributed by atoms with Crippen LogP contribution in [0.25, 0.3) is 17.4 Å². The van der Waals surface area contributed by atoms with Gasteiger partial charge in [0.1, 0.15) is 11.5 Å². The number of nitrogens with zero attached hydrogens (tertiary/aromatic N) is 4. The summed E-state index contributed by atoms with van der Waals surface area (Å²) in [6, 6.07) is 15.1. The number of carbonyl (C=O) groups excluding carboxylic acids is 1. The Morgan fingerprint density at radius 2 is 1.90 bits per heavy atom. The minimum Gasteiger partial charge on any atom is -0.463 e. The highest BCUT2D eigenvalue weighted by molar-refractivity contribution is 7.07. The molecule has 5 rings (SSSR count). The molecule has 3 heterocycles. The summed E-state index contributed by atoms with van der Waals surface area (Å²) in [7, 11) is 3.87. The number of nitro benzene ring substituents is 1. The fourth-order valence-electron chi connectivity index (χ4n) is 4.77. The van der Waals surface area contributed by atoms with Gasteiger partial charge in [0.2, 0.25) is 0 Å². The Balaban J connectivity index is 1.63. The lowest BCUT2D eigenvalue weighted by Crippen LogP contribution is -2.39. The number of hydrogen-bond acceptors (Lipinski definition) is 9. The lowest BCUT2D eigenvalue weighted by Gasteiger charge is -2.25. The van der Waals surface area contributed by atoms with Crippen molar-refractivity contribution in [2.24, 2.45) is 4.99 Å². The van der Waals surface area contributed by atoms with Crippen LogP contribution in [0.2, 0.25) is 0 Å². The van der Waals surface area contributed by atoms with Crippen LogP contribution in [0.5, 0.6) is 0 Å². The monoisotopic (exact) mass is 572 g/mol. The number of nitro groups is 1. The van der Waals surface area contributed by atoms with Crippen LogP contribution in [0.4, 0.5) is 11.4 Å². The van der Waals surface area contributed by atoms with Crippen molar-refractivity contribution in [1.82, 2.24) is 4.57 Å². The number of aromatic nitrogens is 1. The van der Waals surface area contributed by atoms with E-state index in [-0.39, 0.29) is 17.9 Å². The molecule has 0 bridgehead atoms. The Morgan fingerprint density at radius 1 is 1.17 bits per heavy atom. The molecule has 0 spiro atoms. The molecule has 2 aromatic carbocycles. The van der Waals surface area contributed by atoms with Gasteiger partial charge in [-0.25, -0.2) is 9.79 Å². The zero-order chi connectivity index (χ0) is 29.4. The maximum Gasteiger partial charge on any atom is 0.338 e. The van der Waals surface area contributed by atoms with Crippen molar-refractivity contribution >= 4 is 34.8 Å². The van der Waals surface area contributed by atoms with Crippen molar-refractivity contribution < 1.29 is 18.9 Å². The summed E-state index contributed by atoms with van der Waals surface area (Å²) in [5, 5.41) is 11.6. The molecule has 0 aliphatic carbocycles. The first-order valence-corrected chi connectivity index (χ1v) is 13.7. The van der Waals surface area contributed by atoms with Crippen LogP contribution in [0.1, 0.15) is 36.8 Å². The minimum absolute atomic E-state index is 0.0625. The summed E-state index contributed by atoms with van der Waals surface area (Å²) in [5.41, 5.74) is 3.20. The van der Waals surface area contributed by atoms with Crippen molar-refractivity contribution in [3.05, 3.63) is 113 Å². The largest absolute Gasteiger partial charge is 0.463 e. The van der Waals surface area contributed by atoms with Gasteiger partial charge in [-0.2, -0.15) is 0 Å². The summed E-state index contributed by atoms with van der Waals surface area (Å²) in [6.07, 6.45) is 1.59. The van der Waals surface area contributed by atoms with Gasteiger partial charge in [-0.15, -0.1) is 0 Å². The van der Waals surface area contributed by atoms with Gasteiger partial charge in [-0.05, 0) is 62.2 Å². The smallest absolute Gasteiger partial charge is 0.338 e. The number of anilines is 1. The third kappa shape index (κ3) is 5.23. The number of ether oxygens (including phenoxy) is 1.